The van der Waals surface area contributed by atoms with Crippen molar-refractivity contribution in [3.8, 4) is 0 Å². The molecule has 2 aromatic rings. The molecule has 0 bridgehead atoms. The van der Waals surface area contributed by atoms with Crippen LogP contribution in [0, 0.1) is 0 Å². The number of benzene rings is 1. The number of hydrogen-bond acceptors (Lipinski definition) is 4. The highest BCUT2D eigenvalue weighted by Gasteiger charge is 2.32. The van der Waals surface area contributed by atoms with Gasteiger partial charge in [-0.25, -0.2) is 4.68 Å². The summed E-state index contributed by atoms with van der Waals surface area (Å²) in [6.45, 7) is 7.64. The molecule has 1 aromatic heterocycles. The minimum Gasteiger partial charge on any atom is -0.353 e. The molecule has 1 amide bonds. The number of para-hydroxylation sites is 1. The maximum atomic E-state index is 12.6. The van der Waals surface area contributed by atoms with Crippen molar-refractivity contribution in [2.45, 2.75) is 38.6 Å². The van der Waals surface area contributed by atoms with Crippen molar-refractivity contribution in [2.75, 3.05) is 26.2 Å². The van der Waals surface area contributed by atoms with Crippen LogP contribution in [0.1, 0.15) is 33.1 Å². The number of likely N-dealkylation sites (tertiary alicyclic amines) is 1. The van der Waals surface area contributed by atoms with Crippen LogP contribution in [0.15, 0.2) is 24.3 Å². The number of rotatable bonds is 5. The van der Waals surface area contributed by atoms with Gasteiger partial charge in [0.25, 0.3) is 0 Å². The Morgan fingerprint density at radius 2 is 1.96 bits per heavy atom. The van der Waals surface area contributed by atoms with Crippen molar-refractivity contribution in [1.82, 2.24) is 25.2 Å². The molecule has 1 aliphatic heterocycles. The maximum absolute atomic E-state index is 12.6. The second-order valence-electron chi connectivity index (χ2n) is 6.71. The van der Waals surface area contributed by atoms with Crippen LogP contribution in [0.3, 0.4) is 0 Å². The summed E-state index contributed by atoms with van der Waals surface area (Å²) in [5.41, 5.74) is 0.920. The zero-order chi connectivity index (χ0) is 16.3. The number of nitrogens with zero attached hydrogens (tertiary/aromatic N) is 4. The fourth-order valence-electron chi connectivity index (χ4n) is 3.10. The molecule has 1 N–H and O–H groups in total. The third-order valence-corrected chi connectivity index (χ3v) is 4.60. The number of nitrogens with one attached hydrogen (secondary N) is 1. The molecule has 1 saturated heterocycles. The summed E-state index contributed by atoms with van der Waals surface area (Å²) in [4.78, 5) is 15.0. The Kier molecular flexibility index (Phi) is 4.61. The van der Waals surface area contributed by atoms with Gasteiger partial charge in [0.15, 0.2) is 0 Å². The Morgan fingerprint density at radius 1 is 1.22 bits per heavy atom. The Morgan fingerprint density at radius 3 is 2.74 bits per heavy atom. The van der Waals surface area contributed by atoms with E-state index >= 15 is 0 Å². The van der Waals surface area contributed by atoms with Gasteiger partial charge >= 0.3 is 0 Å². The minimum absolute atomic E-state index is 0.0230. The topological polar surface area (TPSA) is 63.1 Å². The third-order valence-electron chi connectivity index (χ3n) is 4.60. The first-order valence-corrected chi connectivity index (χ1v) is 8.40. The highest BCUT2D eigenvalue weighted by Crippen LogP contribution is 2.20. The molecule has 1 aromatic carbocycles. The van der Waals surface area contributed by atoms with E-state index in [4.69, 9.17) is 0 Å². The van der Waals surface area contributed by atoms with Crippen LogP contribution in [0.5, 0.6) is 0 Å². The van der Waals surface area contributed by atoms with Crippen molar-refractivity contribution in [3.05, 3.63) is 24.3 Å². The van der Waals surface area contributed by atoms with Crippen LogP contribution in [0.4, 0.5) is 0 Å². The van der Waals surface area contributed by atoms with Crippen molar-refractivity contribution < 1.29 is 4.79 Å². The fourth-order valence-corrected chi connectivity index (χ4v) is 3.10. The van der Waals surface area contributed by atoms with Gasteiger partial charge in [-0.05, 0) is 51.9 Å². The van der Waals surface area contributed by atoms with E-state index in [2.05, 4.69) is 20.5 Å². The van der Waals surface area contributed by atoms with Gasteiger partial charge in [0.05, 0.1) is 5.52 Å². The van der Waals surface area contributed by atoms with Crippen molar-refractivity contribution in [2.24, 2.45) is 0 Å². The molecule has 3 rings (SSSR count). The predicted molar refractivity (Wildman–Crippen MR) is 90.2 cm³/mol. The third kappa shape index (κ3) is 3.37. The summed E-state index contributed by atoms with van der Waals surface area (Å²) in [7, 11) is 0. The van der Waals surface area contributed by atoms with E-state index in [0.29, 0.717) is 6.54 Å². The molecular weight excluding hydrogens is 290 g/mol. The monoisotopic (exact) mass is 315 g/mol. The average Bonchev–Trinajstić information content (AvgIpc) is 3.00. The molecule has 0 radical (unpaired) electrons. The van der Waals surface area contributed by atoms with Gasteiger partial charge in [-0.3, -0.25) is 4.79 Å². The predicted octanol–water partition coefficient (Wildman–Crippen LogP) is 1.77. The molecule has 1 fully saturated rings. The molecule has 0 aliphatic carbocycles. The van der Waals surface area contributed by atoms with E-state index in [1.165, 1.54) is 19.3 Å². The largest absolute Gasteiger partial charge is 0.353 e. The summed E-state index contributed by atoms with van der Waals surface area (Å²) in [6.07, 6.45) is 3.87. The molecule has 23 heavy (non-hydrogen) atoms. The van der Waals surface area contributed by atoms with Crippen LogP contribution >= 0.6 is 0 Å². The summed E-state index contributed by atoms with van der Waals surface area (Å²) in [6, 6.07) is 7.71. The Labute approximate surface area is 136 Å². The van der Waals surface area contributed by atoms with Gasteiger partial charge < -0.3 is 10.2 Å². The Hall–Kier alpha value is -1.95. The van der Waals surface area contributed by atoms with Crippen LogP contribution in [0.2, 0.25) is 0 Å². The lowest BCUT2D eigenvalue weighted by Gasteiger charge is -2.28. The van der Waals surface area contributed by atoms with Crippen molar-refractivity contribution in [3.63, 3.8) is 0 Å². The normalized spacial score (nSPS) is 16.6. The van der Waals surface area contributed by atoms with E-state index in [9.17, 15) is 4.79 Å². The van der Waals surface area contributed by atoms with Gasteiger partial charge in [-0.2, -0.15) is 0 Å². The number of aromatic nitrogens is 3. The first kappa shape index (κ1) is 15.9. The van der Waals surface area contributed by atoms with Crippen molar-refractivity contribution in [1.29, 1.82) is 0 Å². The standard InChI is InChI=1S/C17H25N5O/c1-17(2,22-15-9-5-4-8-14(15)19-20-22)16(23)18-10-13-21-11-6-3-7-12-21/h4-5,8-9H,3,6-7,10-13H2,1-2H3,(H,18,23). The minimum atomic E-state index is -0.766. The lowest BCUT2D eigenvalue weighted by atomic mass is 10.0. The van der Waals surface area contributed by atoms with Crippen LogP contribution in [-0.4, -0.2) is 52.0 Å². The first-order valence-electron chi connectivity index (χ1n) is 8.40. The fraction of sp³-hybridized carbons (Fsp3) is 0.588. The number of amides is 1. The van der Waals surface area contributed by atoms with E-state index in [1.54, 1.807) is 4.68 Å². The highest BCUT2D eigenvalue weighted by atomic mass is 16.2. The van der Waals surface area contributed by atoms with Gasteiger partial charge in [0.1, 0.15) is 11.1 Å². The number of hydrogen-bond donors (Lipinski definition) is 1. The molecule has 6 nitrogen and oxygen atoms in total. The van der Waals surface area contributed by atoms with Gasteiger partial charge in [-0.15, -0.1) is 5.10 Å². The summed E-state index contributed by atoms with van der Waals surface area (Å²) in [5.74, 6) is -0.0230. The van der Waals surface area contributed by atoms with Gasteiger partial charge in [-0.1, -0.05) is 23.8 Å². The smallest absolute Gasteiger partial charge is 0.247 e. The van der Waals surface area contributed by atoms with Crippen LogP contribution in [0.25, 0.3) is 11.0 Å². The summed E-state index contributed by atoms with van der Waals surface area (Å²) >= 11 is 0. The summed E-state index contributed by atoms with van der Waals surface area (Å²) < 4.78 is 1.71. The first-order chi connectivity index (χ1) is 11.1. The molecule has 1 aliphatic rings. The van der Waals surface area contributed by atoms with Gasteiger partial charge in [0.2, 0.25) is 5.91 Å². The van der Waals surface area contributed by atoms with E-state index < -0.39 is 5.54 Å². The van der Waals surface area contributed by atoms with E-state index in [1.807, 2.05) is 38.1 Å². The molecule has 0 atom stereocenters. The average molecular weight is 315 g/mol. The lowest BCUT2D eigenvalue weighted by molar-refractivity contribution is -0.128. The zero-order valence-electron chi connectivity index (χ0n) is 14.0. The Bertz CT molecular complexity index is 672. The second kappa shape index (κ2) is 6.66. The molecule has 0 unspecified atom stereocenters. The highest BCUT2D eigenvalue weighted by molar-refractivity contribution is 5.86. The molecule has 2 heterocycles. The summed E-state index contributed by atoms with van der Waals surface area (Å²) in [5, 5.41) is 11.4. The SMILES string of the molecule is CC(C)(C(=O)NCCN1CCCCC1)n1nnc2ccccc21. The van der Waals surface area contributed by atoms with Crippen LogP contribution < -0.4 is 5.32 Å². The van der Waals surface area contributed by atoms with Crippen molar-refractivity contribution >= 4 is 16.9 Å². The van der Waals surface area contributed by atoms with Crippen LogP contribution in [-0.2, 0) is 10.3 Å². The van der Waals surface area contributed by atoms with E-state index in [-0.39, 0.29) is 5.91 Å². The molecule has 0 saturated carbocycles. The van der Waals surface area contributed by atoms with E-state index in [0.717, 1.165) is 30.7 Å². The lowest BCUT2D eigenvalue weighted by Crippen LogP contribution is -2.47. The van der Waals surface area contributed by atoms with Gasteiger partial charge in [0, 0.05) is 13.1 Å². The number of piperidine rings is 1. The number of carbonyl (C=O) groups is 1. The zero-order valence-corrected chi connectivity index (χ0v) is 14.0. The number of carbonyl (C=O) groups excluding carboxylic acids is 1. The molecule has 0 spiro atoms. The number of fused-ring (bicyclic) bond motifs is 1. The quantitative estimate of drug-likeness (QED) is 0.913. The Balaban J connectivity index is 1.63. The molecule has 6 heteroatoms. The second-order valence-corrected chi connectivity index (χ2v) is 6.71. The molecule has 124 valence electrons. The maximum Gasteiger partial charge on any atom is 0.247 e. The molecular formula is C17H25N5O.